The normalized spacial score (nSPS) is 15.1. The first-order chi connectivity index (χ1) is 7.73. The molecule has 2 aromatic rings. The van der Waals surface area contributed by atoms with Gasteiger partial charge in [0.05, 0.1) is 0 Å². The Morgan fingerprint density at radius 1 is 1.14 bits per heavy atom. The average Bonchev–Trinajstić information content (AvgIpc) is 2.40. The summed E-state index contributed by atoms with van der Waals surface area (Å²) in [7, 11) is 1.30. The summed E-state index contributed by atoms with van der Waals surface area (Å²) in [5.74, 6) is 0. The van der Waals surface area contributed by atoms with Gasteiger partial charge >= 0.3 is 11.4 Å². The van der Waals surface area contributed by atoms with Crippen molar-refractivity contribution in [1.29, 1.82) is 0 Å². The fraction of sp³-hybridized carbons (Fsp3) is 0.286. The highest BCUT2D eigenvalue weighted by molar-refractivity contribution is 5.69. The number of hydrogen-bond acceptors (Lipinski definition) is 3. The Labute approximate surface area is 80.8 Å². The van der Waals surface area contributed by atoms with Crippen LogP contribution in [0, 0.1) is 0 Å². The summed E-state index contributed by atoms with van der Waals surface area (Å²) in [5.41, 5.74) is -3.08. The second-order valence-electron chi connectivity index (χ2n) is 2.78. The van der Waals surface area contributed by atoms with E-state index in [1.54, 1.807) is 0 Å². The maximum Gasteiger partial charge on any atom is 0.329 e. The molecule has 2 heterocycles. The topological polar surface area (TPSA) is 92.7 Å². The van der Waals surface area contributed by atoms with E-state index in [0.717, 1.165) is 4.57 Å². The number of rotatable bonds is 0. The fourth-order valence-electron chi connectivity index (χ4n) is 1.24. The maximum absolute atomic E-state index is 11.5. The number of nitrogens with zero attached hydrogens (tertiary/aromatic N) is 2. The summed E-state index contributed by atoms with van der Waals surface area (Å²) in [5, 5.41) is 0. The molecule has 7 nitrogen and oxygen atoms in total. The van der Waals surface area contributed by atoms with Crippen molar-refractivity contribution in [2.75, 3.05) is 0 Å². The Morgan fingerprint density at radius 2 is 1.79 bits per heavy atom. The summed E-state index contributed by atoms with van der Waals surface area (Å²) in [6.07, 6.45) is 0. The van der Waals surface area contributed by atoms with Crippen LogP contribution >= 0.6 is 0 Å². The van der Waals surface area contributed by atoms with Crippen LogP contribution in [0.1, 0.15) is 4.11 Å². The van der Waals surface area contributed by atoms with Gasteiger partial charge in [-0.15, -0.1) is 0 Å². The average molecular weight is 199 g/mol. The van der Waals surface area contributed by atoms with E-state index in [2.05, 4.69) is 4.98 Å². The number of imidazole rings is 1. The predicted molar refractivity (Wildman–Crippen MR) is 49.4 cm³/mol. The molecular formula is C7H8N4O3. The van der Waals surface area contributed by atoms with Crippen LogP contribution in [0.25, 0.3) is 11.2 Å². The zero-order valence-corrected chi connectivity index (χ0v) is 7.12. The second-order valence-corrected chi connectivity index (χ2v) is 2.78. The molecule has 0 fully saturated rings. The van der Waals surface area contributed by atoms with Gasteiger partial charge in [-0.25, -0.2) is 9.59 Å². The lowest BCUT2D eigenvalue weighted by atomic mass is 10.5. The van der Waals surface area contributed by atoms with Crippen LogP contribution in [-0.2, 0) is 14.0 Å². The van der Waals surface area contributed by atoms with Crippen molar-refractivity contribution in [3.63, 3.8) is 0 Å². The highest BCUT2D eigenvalue weighted by Gasteiger charge is 2.10. The first kappa shape index (κ1) is 5.63. The van der Waals surface area contributed by atoms with Crippen LogP contribution in [0.5, 0.6) is 0 Å². The molecule has 0 unspecified atom stereocenters. The SMILES string of the molecule is [2H]C([2H])([2H])n1c(=O)[nH]c(=O)c2c1[nH]c(=O)n2C. The van der Waals surface area contributed by atoms with E-state index in [4.69, 9.17) is 4.11 Å². The Hall–Kier alpha value is -2.05. The van der Waals surface area contributed by atoms with E-state index in [-0.39, 0.29) is 11.2 Å². The molecule has 14 heavy (non-hydrogen) atoms. The molecule has 0 saturated carbocycles. The van der Waals surface area contributed by atoms with Gasteiger partial charge in [-0.05, 0) is 0 Å². The predicted octanol–water partition coefficient (Wildman–Crippen LogP) is -1.75. The van der Waals surface area contributed by atoms with Gasteiger partial charge in [0.25, 0.3) is 5.56 Å². The minimum atomic E-state index is -2.79. The molecule has 0 aliphatic carbocycles. The third kappa shape index (κ3) is 0.889. The number of aromatic nitrogens is 4. The minimum absolute atomic E-state index is 0.189. The molecule has 0 amide bonds. The van der Waals surface area contributed by atoms with E-state index >= 15 is 0 Å². The van der Waals surface area contributed by atoms with Gasteiger partial charge in [-0.1, -0.05) is 0 Å². The minimum Gasteiger partial charge on any atom is -0.291 e. The standard InChI is InChI=1S/C7H8N4O3/c1-10-3-4(8-6(10)13)11(2)7(14)9-5(3)12/h1-2H3,(H,8,13)(H,9,12,14)/i2D3. The lowest BCUT2D eigenvalue weighted by Gasteiger charge is -1.97. The van der Waals surface area contributed by atoms with Gasteiger partial charge in [0.2, 0.25) is 0 Å². The van der Waals surface area contributed by atoms with Crippen molar-refractivity contribution in [2.45, 2.75) is 0 Å². The van der Waals surface area contributed by atoms with E-state index in [9.17, 15) is 14.4 Å². The second kappa shape index (κ2) is 2.47. The summed E-state index contributed by atoms with van der Waals surface area (Å²) < 4.78 is 22.9. The first-order valence-corrected chi connectivity index (χ1v) is 3.68. The molecule has 0 spiro atoms. The Kier molecular flexibility index (Phi) is 0.994. The van der Waals surface area contributed by atoms with Gasteiger partial charge in [0.1, 0.15) is 5.65 Å². The Bertz CT molecular complexity index is 760. The van der Waals surface area contributed by atoms with E-state index in [1.807, 2.05) is 4.98 Å². The molecule has 0 aliphatic heterocycles. The van der Waals surface area contributed by atoms with Crippen LogP contribution in [0.4, 0.5) is 0 Å². The van der Waals surface area contributed by atoms with Gasteiger partial charge in [0.15, 0.2) is 5.52 Å². The molecule has 0 aromatic carbocycles. The van der Waals surface area contributed by atoms with E-state index in [1.165, 1.54) is 7.05 Å². The number of nitrogens with one attached hydrogen (secondary N) is 2. The Morgan fingerprint density at radius 3 is 2.43 bits per heavy atom. The first-order valence-electron chi connectivity index (χ1n) is 5.18. The number of aromatic amines is 2. The van der Waals surface area contributed by atoms with E-state index < -0.39 is 23.9 Å². The molecule has 0 aliphatic rings. The lowest BCUT2D eigenvalue weighted by Crippen LogP contribution is -2.29. The number of H-pyrrole nitrogens is 2. The van der Waals surface area contributed by atoms with Crippen molar-refractivity contribution >= 4 is 11.2 Å². The van der Waals surface area contributed by atoms with Gasteiger partial charge in [-0.3, -0.25) is 23.9 Å². The zero-order valence-electron chi connectivity index (χ0n) is 10.1. The van der Waals surface area contributed by atoms with Gasteiger partial charge in [-0.2, -0.15) is 0 Å². The van der Waals surface area contributed by atoms with Crippen LogP contribution < -0.4 is 16.9 Å². The van der Waals surface area contributed by atoms with Crippen molar-refractivity contribution in [3.05, 3.63) is 31.3 Å². The van der Waals surface area contributed by atoms with Crippen LogP contribution in [0.3, 0.4) is 0 Å². The van der Waals surface area contributed by atoms with Crippen molar-refractivity contribution in [3.8, 4) is 0 Å². The number of aryl methyl sites for hydroxylation is 2. The molecule has 0 atom stereocenters. The molecule has 0 radical (unpaired) electrons. The monoisotopic (exact) mass is 199 g/mol. The molecule has 2 aromatic heterocycles. The number of fused-ring (bicyclic) bond motifs is 1. The number of hydrogen-bond donors (Lipinski definition) is 2. The van der Waals surface area contributed by atoms with Crippen molar-refractivity contribution < 1.29 is 4.11 Å². The zero-order chi connectivity index (χ0) is 13.0. The summed E-state index contributed by atoms with van der Waals surface area (Å²) in [4.78, 5) is 38.3. The molecule has 74 valence electrons. The smallest absolute Gasteiger partial charge is 0.291 e. The third-order valence-electron chi connectivity index (χ3n) is 1.95. The molecular weight excluding hydrogens is 188 g/mol. The lowest BCUT2D eigenvalue weighted by molar-refractivity contribution is 0.829. The molecule has 0 saturated heterocycles. The summed E-state index contributed by atoms with van der Waals surface area (Å²) in [6, 6.07) is 0. The van der Waals surface area contributed by atoms with Crippen molar-refractivity contribution in [1.82, 2.24) is 19.1 Å². The fourth-order valence-corrected chi connectivity index (χ4v) is 1.24. The largest absolute Gasteiger partial charge is 0.329 e. The molecule has 0 bridgehead atoms. The van der Waals surface area contributed by atoms with Crippen LogP contribution in [-0.4, -0.2) is 19.1 Å². The Balaban J connectivity index is 3.16. The third-order valence-corrected chi connectivity index (χ3v) is 1.95. The highest BCUT2D eigenvalue weighted by atomic mass is 16.2. The summed E-state index contributed by atoms with van der Waals surface area (Å²) in [6.45, 7) is -2.79. The van der Waals surface area contributed by atoms with E-state index in [0.29, 0.717) is 4.57 Å². The summed E-state index contributed by atoms with van der Waals surface area (Å²) >= 11 is 0. The van der Waals surface area contributed by atoms with Crippen LogP contribution in [0.2, 0.25) is 0 Å². The quantitative estimate of drug-likeness (QED) is 0.527. The van der Waals surface area contributed by atoms with Gasteiger partial charge < -0.3 is 0 Å². The van der Waals surface area contributed by atoms with Gasteiger partial charge in [0, 0.05) is 18.1 Å². The highest BCUT2D eigenvalue weighted by Crippen LogP contribution is 1.97. The van der Waals surface area contributed by atoms with Crippen LogP contribution in [0.15, 0.2) is 14.4 Å². The molecule has 2 N–H and O–H groups in total. The maximum atomic E-state index is 11.5. The van der Waals surface area contributed by atoms with Crippen molar-refractivity contribution in [2.24, 2.45) is 14.0 Å². The molecule has 7 heteroatoms. The molecule has 2 rings (SSSR count).